The third-order valence-corrected chi connectivity index (χ3v) is 2.81. The van der Waals surface area contributed by atoms with Gasteiger partial charge in [-0.1, -0.05) is 0 Å². The smallest absolute Gasteiger partial charge is 0.230 e. The number of nitrogens with one attached hydrogen (secondary N) is 1. The van der Waals surface area contributed by atoms with E-state index >= 15 is 0 Å². The van der Waals surface area contributed by atoms with E-state index in [0.29, 0.717) is 18.5 Å². The Bertz CT molecular complexity index is 380. The SMILES string of the molecule is O=C(Nc1ccc(F)nc1)C1CCCC1O. The van der Waals surface area contributed by atoms with Crippen LogP contribution in [-0.4, -0.2) is 22.1 Å². The largest absolute Gasteiger partial charge is 0.392 e. The second-order valence-electron chi connectivity index (χ2n) is 3.96. The second-order valence-corrected chi connectivity index (χ2v) is 3.96. The van der Waals surface area contributed by atoms with Gasteiger partial charge in [0.15, 0.2) is 0 Å². The lowest BCUT2D eigenvalue weighted by atomic mass is 10.1. The van der Waals surface area contributed by atoms with Crippen LogP contribution in [-0.2, 0) is 4.79 Å². The van der Waals surface area contributed by atoms with Gasteiger partial charge < -0.3 is 10.4 Å². The molecule has 5 heteroatoms. The monoisotopic (exact) mass is 224 g/mol. The minimum absolute atomic E-state index is 0.224. The number of aromatic nitrogens is 1. The van der Waals surface area contributed by atoms with Gasteiger partial charge in [0.05, 0.1) is 23.9 Å². The number of rotatable bonds is 2. The fourth-order valence-corrected chi connectivity index (χ4v) is 1.93. The van der Waals surface area contributed by atoms with Crippen LogP contribution in [0.4, 0.5) is 10.1 Å². The van der Waals surface area contributed by atoms with Gasteiger partial charge in [0.1, 0.15) is 0 Å². The van der Waals surface area contributed by atoms with Crippen LogP contribution in [0.1, 0.15) is 19.3 Å². The summed E-state index contributed by atoms with van der Waals surface area (Å²) in [7, 11) is 0. The van der Waals surface area contributed by atoms with Crippen molar-refractivity contribution in [2.24, 2.45) is 5.92 Å². The zero-order chi connectivity index (χ0) is 11.5. The average molecular weight is 224 g/mol. The molecule has 86 valence electrons. The van der Waals surface area contributed by atoms with Gasteiger partial charge in [-0.05, 0) is 31.4 Å². The molecule has 16 heavy (non-hydrogen) atoms. The molecule has 1 aromatic heterocycles. The molecule has 1 amide bonds. The van der Waals surface area contributed by atoms with E-state index in [1.54, 1.807) is 0 Å². The Hall–Kier alpha value is -1.49. The van der Waals surface area contributed by atoms with E-state index in [2.05, 4.69) is 10.3 Å². The number of halogens is 1. The molecule has 1 aliphatic rings. The van der Waals surface area contributed by atoms with E-state index in [0.717, 1.165) is 6.42 Å². The number of hydrogen-bond acceptors (Lipinski definition) is 3. The van der Waals surface area contributed by atoms with Crippen LogP contribution in [0, 0.1) is 11.9 Å². The van der Waals surface area contributed by atoms with Gasteiger partial charge in [-0.2, -0.15) is 4.39 Å². The molecule has 1 aliphatic carbocycles. The molecule has 0 bridgehead atoms. The first-order valence-electron chi connectivity index (χ1n) is 5.27. The molecule has 1 heterocycles. The quantitative estimate of drug-likeness (QED) is 0.745. The number of hydrogen-bond donors (Lipinski definition) is 2. The Morgan fingerprint density at radius 1 is 1.50 bits per heavy atom. The molecule has 0 radical (unpaired) electrons. The third-order valence-electron chi connectivity index (χ3n) is 2.81. The lowest BCUT2D eigenvalue weighted by molar-refractivity contribution is -0.122. The molecule has 0 aromatic carbocycles. The van der Waals surface area contributed by atoms with Crippen molar-refractivity contribution in [2.45, 2.75) is 25.4 Å². The highest BCUT2D eigenvalue weighted by atomic mass is 19.1. The molecule has 2 N–H and O–H groups in total. The normalized spacial score (nSPS) is 24.4. The highest BCUT2D eigenvalue weighted by Crippen LogP contribution is 2.26. The highest BCUT2D eigenvalue weighted by Gasteiger charge is 2.31. The number of nitrogens with zero attached hydrogens (tertiary/aromatic N) is 1. The van der Waals surface area contributed by atoms with Gasteiger partial charge in [0.2, 0.25) is 11.9 Å². The maximum absolute atomic E-state index is 12.5. The van der Waals surface area contributed by atoms with E-state index in [1.807, 2.05) is 0 Å². The Balaban J connectivity index is 1.99. The summed E-state index contributed by atoms with van der Waals surface area (Å²) in [5.41, 5.74) is 0.450. The second kappa shape index (κ2) is 4.57. The third kappa shape index (κ3) is 2.36. The molecular weight excluding hydrogens is 211 g/mol. The summed E-state index contributed by atoms with van der Waals surface area (Å²) in [5, 5.41) is 12.2. The first-order valence-corrected chi connectivity index (χ1v) is 5.27. The zero-order valence-electron chi connectivity index (χ0n) is 8.69. The van der Waals surface area contributed by atoms with Crippen molar-refractivity contribution in [3.8, 4) is 0 Å². The summed E-state index contributed by atoms with van der Waals surface area (Å²) in [6, 6.07) is 2.63. The molecular formula is C11H13FN2O2. The predicted octanol–water partition coefficient (Wildman–Crippen LogP) is 1.32. The Kier molecular flexibility index (Phi) is 3.14. The summed E-state index contributed by atoms with van der Waals surface area (Å²) in [4.78, 5) is 15.2. The molecule has 0 aliphatic heterocycles. The van der Waals surface area contributed by atoms with E-state index in [9.17, 15) is 14.3 Å². The van der Waals surface area contributed by atoms with Crippen molar-refractivity contribution in [1.29, 1.82) is 0 Å². The van der Waals surface area contributed by atoms with Crippen molar-refractivity contribution in [3.63, 3.8) is 0 Å². The summed E-state index contributed by atoms with van der Waals surface area (Å²) in [6.07, 6.45) is 2.92. The molecule has 2 rings (SSSR count). The molecule has 4 nitrogen and oxygen atoms in total. The maximum atomic E-state index is 12.5. The first kappa shape index (κ1) is 11.0. The van der Waals surface area contributed by atoms with Gasteiger partial charge in [-0.15, -0.1) is 0 Å². The minimum Gasteiger partial charge on any atom is -0.392 e. The van der Waals surface area contributed by atoms with E-state index < -0.39 is 12.1 Å². The van der Waals surface area contributed by atoms with Crippen LogP contribution in [0.2, 0.25) is 0 Å². The van der Waals surface area contributed by atoms with Crippen LogP contribution in [0.25, 0.3) is 0 Å². The molecule has 0 saturated heterocycles. The molecule has 1 fully saturated rings. The van der Waals surface area contributed by atoms with Crippen LogP contribution in [0.15, 0.2) is 18.3 Å². The fourth-order valence-electron chi connectivity index (χ4n) is 1.93. The first-order chi connectivity index (χ1) is 7.66. The molecule has 2 unspecified atom stereocenters. The summed E-state index contributed by atoms with van der Waals surface area (Å²) in [6.45, 7) is 0. The number of aliphatic hydroxyl groups excluding tert-OH is 1. The van der Waals surface area contributed by atoms with Crippen molar-refractivity contribution < 1.29 is 14.3 Å². The highest BCUT2D eigenvalue weighted by molar-refractivity contribution is 5.92. The van der Waals surface area contributed by atoms with E-state index in [1.165, 1.54) is 18.3 Å². The van der Waals surface area contributed by atoms with Crippen LogP contribution in [0.3, 0.4) is 0 Å². The van der Waals surface area contributed by atoms with Crippen molar-refractivity contribution >= 4 is 11.6 Å². The maximum Gasteiger partial charge on any atom is 0.230 e. The summed E-state index contributed by atoms with van der Waals surface area (Å²) >= 11 is 0. The van der Waals surface area contributed by atoms with Crippen LogP contribution in [0.5, 0.6) is 0 Å². The average Bonchev–Trinajstić information content (AvgIpc) is 2.68. The predicted molar refractivity (Wildman–Crippen MR) is 56.2 cm³/mol. The Labute approximate surface area is 92.5 Å². The number of aliphatic hydroxyl groups is 1. The number of pyridine rings is 1. The fraction of sp³-hybridized carbons (Fsp3) is 0.455. The molecule has 2 atom stereocenters. The van der Waals surface area contributed by atoms with Gasteiger partial charge in [0.25, 0.3) is 0 Å². The standard InChI is InChI=1S/C11H13FN2O2/c12-10-5-4-7(6-13-10)14-11(16)8-2-1-3-9(8)15/h4-6,8-9,15H,1-3H2,(H,14,16). The summed E-state index contributed by atoms with van der Waals surface area (Å²) < 4.78 is 12.5. The van der Waals surface area contributed by atoms with E-state index in [4.69, 9.17) is 0 Å². The number of anilines is 1. The van der Waals surface area contributed by atoms with Gasteiger partial charge in [-0.3, -0.25) is 4.79 Å². The Morgan fingerprint density at radius 3 is 2.88 bits per heavy atom. The molecule has 1 aromatic rings. The lowest BCUT2D eigenvalue weighted by Crippen LogP contribution is -2.28. The van der Waals surface area contributed by atoms with E-state index in [-0.39, 0.29) is 11.8 Å². The molecule has 1 saturated carbocycles. The number of carbonyl (C=O) groups excluding carboxylic acids is 1. The molecule has 0 spiro atoms. The minimum atomic E-state index is -0.584. The lowest BCUT2D eigenvalue weighted by Gasteiger charge is -2.13. The van der Waals surface area contributed by atoms with Crippen molar-refractivity contribution in [3.05, 3.63) is 24.3 Å². The zero-order valence-corrected chi connectivity index (χ0v) is 8.69. The van der Waals surface area contributed by atoms with Crippen molar-refractivity contribution in [1.82, 2.24) is 4.98 Å². The van der Waals surface area contributed by atoms with Gasteiger partial charge in [-0.25, -0.2) is 4.98 Å². The Morgan fingerprint density at radius 2 is 2.31 bits per heavy atom. The van der Waals surface area contributed by atoms with Gasteiger partial charge >= 0.3 is 0 Å². The van der Waals surface area contributed by atoms with Crippen LogP contribution < -0.4 is 5.32 Å². The summed E-state index contributed by atoms with van der Waals surface area (Å²) in [5.74, 6) is -1.16. The number of carbonyl (C=O) groups is 1. The number of amides is 1. The topological polar surface area (TPSA) is 62.2 Å². The van der Waals surface area contributed by atoms with Gasteiger partial charge in [0, 0.05) is 0 Å². The van der Waals surface area contributed by atoms with Crippen molar-refractivity contribution in [2.75, 3.05) is 5.32 Å². The van der Waals surface area contributed by atoms with Crippen LogP contribution >= 0.6 is 0 Å².